The lowest BCUT2D eigenvalue weighted by Gasteiger charge is -2.08. The molecule has 0 atom stereocenters. The molecule has 1 fully saturated rings. The van der Waals surface area contributed by atoms with Crippen molar-refractivity contribution >= 4 is 34.1 Å². The molecule has 0 radical (unpaired) electrons. The van der Waals surface area contributed by atoms with Gasteiger partial charge >= 0.3 is 0 Å². The maximum atomic E-state index is 12.9. The van der Waals surface area contributed by atoms with Crippen molar-refractivity contribution in [3.8, 4) is 0 Å². The van der Waals surface area contributed by atoms with Gasteiger partial charge < -0.3 is 5.73 Å². The maximum absolute atomic E-state index is 12.9. The zero-order valence-electron chi connectivity index (χ0n) is 8.92. The molecule has 1 aliphatic carbocycles. The molecule has 1 aliphatic rings. The van der Waals surface area contributed by atoms with Crippen LogP contribution in [0.1, 0.15) is 25.7 Å². The number of aliphatic imine (C=N–C) groups is 1. The van der Waals surface area contributed by atoms with Crippen LogP contribution in [0.2, 0.25) is 0 Å². The van der Waals surface area contributed by atoms with Crippen LogP contribution in [-0.4, -0.2) is 5.84 Å². The summed E-state index contributed by atoms with van der Waals surface area (Å²) in [5.74, 6) is 0.880. The Bertz CT molecular complexity index is 411. The quantitative estimate of drug-likeness (QED) is 0.502. The van der Waals surface area contributed by atoms with Crippen molar-refractivity contribution in [3.05, 3.63) is 27.6 Å². The van der Waals surface area contributed by atoms with E-state index in [1.807, 2.05) is 0 Å². The van der Waals surface area contributed by atoms with Gasteiger partial charge in [-0.15, -0.1) is 0 Å². The molecular weight excluding hydrogens is 318 g/mol. The first-order valence-corrected chi connectivity index (χ1v) is 6.54. The first kappa shape index (κ1) is 11.8. The van der Waals surface area contributed by atoms with Gasteiger partial charge in [-0.05, 0) is 53.6 Å². The highest BCUT2D eigenvalue weighted by molar-refractivity contribution is 14.1. The summed E-state index contributed by atoms with van der Waals surface area (Å²) in [5.41, 5.74) is 6.74. The predicted octanol–water partition coefficient (Wildman–Crippen LogP) is 3.61. The van der Waals surface area contributed by atoms with Gasteiger partial charge in [0.2, 0.25) is 0 Å². The lowest BCUT2D eigenvalue weighted by atomic mass is 10.1. The van der Waals surface area contributed by atoms with Crippen LogP contribution in [0.4, 0.5) is 10.1 Å². The minimum absolute atomic E-state index is 0.234. The Morgan fingerprint density at radius 1 is 1.38 bits per heavy atom. The summed E-state index contributed by atoms with van der Waals surface area (Å²) in [7, 11) is 0. The van der Waals surface area contributed by atoms with E-state index in [0.29, 0.717) is 11.8 Å². The highest BCUT2D eigenvalue weighted by Gasteiger charge is 2.18. The van der Waals surface area contributed by atoms with Crippen molar-refractivity contribution in [2.45, 2.75) is 25.7 Å². The summed E-state index contributed by atoms with van der Waals surface area (Å²) in [6.45, 7) is 0. The third-order valence-electron chi connectivity index (χ3n) is 2.93. The van der Waals surface area contributed by atoms with Crippen molar-refractivity contribution in [2.24, 2.45) is 16.6 Å². The SMILES string of the molecule is NC(=Nc1ccc(F)cc1I)C1CCCC1. The number of hydrogen-bond acceptors (Lipinski definition) is 1. The number of rotatable bonds is 2. The average molecular weight is 332 g/mol. The van der Waals surface area contributed by atoms with E-state index in [2.05, 4.69) is 27.6 Å². The standard InChI is InChI=1S/C12H14FIN2/c13-9-5-6-11(10(14)7-9)16-12(15)8-3-1-2-4-8/h5-8H,1-4H2,(H2,15,16). The Hall–Kier alpha value is -0.650. The van der Waals surface area contributed by atoms with Crippen LogP contribution in [0.5, 0.6) is 0 Å². The Labute approximate surface area is 108 Å². The fourth-order valence-corrected chi connectivity index (χ4v) is 2.62. The Morgan fingerprint density at radius 2 is 2.06 bits per heavy atom. The lowest BCUT2D eigenvalue weighted by Crippen LogP contribution is -2.20. The molecule has 16 heavy (non-hydrogen) atoms. The van der Waals surface area contributed by atoms with Crippen molar-refractivity contribution in [1.29, 1.82) is 0 Å². The smallest absolute Gasteiger partial charge is 0.124 e. The molecule has 0 bridgehead atoms. The van der Waals surface area contributed by atoms with E-state index in [-0.39, 0.29) is 5.82 Å². The molecule has 1 aromatic carbocycles. The zero-order valence-corrected chi connectivity index (χ0v) is 11.1. The molecule has 0 heterocycles. The monoisotopic (exact) mass is 332 g/mol. The summed E-state index contributed by atoms with van der Waals surface area (Å²) >= 11 is 2.08. The van der Waals surface area contributed by atoms with Crippen molar-refractivity contribution in [1.82, 2.24) is 0 Å². The van der Waals surface area contributed by atoms with Gasteiger partial charge in [-0.3, -0.25) is 0 Å². The van der Waals surface area contributed by atoms with Crippen LogP contribution < -0.4 is 5.73 Å². The highest BCUT2D eigenvalue weighted by Crippen LogP contribution is 2.27. The first-order valence-electron chi connectivity index (χ1n) is 5.46. The van der Waals surface area contributed by atoms with E-state index < -0.39 is 0 Å². The largest absolute Gasteiger partial charge is 0.387 e. The van der Waals surface area contributed by atoms with E-state index in [1.165, 1.54) is 25.0 Å². The van der Waals surface area contributed by atoms with Crippen LogP contribution in [0.25, 0.3) is 0 Å². The summed E-state index contributed by atoms with van der Waals surface area (Å²) in [6.07, 6.45) is 4.74. The third kappa shape index (κ3) is 2.72. The molecule has 0 saturated heterocycles. The van der Waals surface area contributed by atoms with Crippen LogP contribution in [-0.2, 0) is 0 Å². The summed E-state index contributed by atoms with van der Waals surface area (Å²) < 4.78 is 13.7. The van der Waals surface area contributed by atoms with Gasteiger partial charge in [-0.1, -0.05) is 12.8 Å². The summed E-state index contributed by atoms with van der Waals surface area (Å²) in [5, 5.41) is 0. The summed E-state index contributed by atoms with van der Waals surface area (Å²) in [6, 6.07) is 4.57. The van der Waals surface area contributed by atoms with Gasteiger partial charge in [0.15, 0.2) is 0 Å². The molecule has 86 valence electrons. The molecule has 2 rings (SSSR count). The van der Waals surface area contributed by atoms with Crippen molar-refractivity contribution in [2.75, 3.05) is 0 Å². The zero-order chi connectivity index (χ0) is 11.5. The molecule has 0 amide bonds. The van der Waals surface area contributed by atoms with Gasteiger partial charge in [0.05, 0.1) is 5.69 Å². The van der Waals surface area contributed by atoms with Gasteiger partial charge in [0.25, 0.3) is 0 Å². The Balaban J connectivity index is 2.20. The topological polar surface area (TPSA) is 38.4 Å². The van der Waals surface area contributed by atoms with Crippen LogP contribution in [0.15, 0.2) is 23.2 Å². The van der Waals surface area contributed by atoms with E-state index in [0.717, 1.165) is 22.1 Å². The van der Waals surface area contributed by atoms with Crippen LogP contribution in [0, 0.1) is 15.3 Å². The second-order valence-electron chi connectivity index (χ2n) is 4.11. The lowest BCUT2D eigenvalue weighted by molar-refractivity contribution is 0.627. The Morgan fingerprint density at radius 3 is 2.69 bits per heavy atom. The Kier molecular flexibility index (Phi) is 3.78. The number of nitrogens with zero attached hydrogens (tertiary/aromatic N) is 1. The molecule has 1 saturated carbocycles. The van der Waals surface area contributed by atoms with E-state index in [9.17, 15) is 4.39 Å². The second-order valence-corrected chi connectivity index (χ2v) is 5.28. The minimum Gasteiger partial charge on any atom is -0.387 e. The number of hydrogen-bond donors (Lipinski definition) is 1. The molecule has 2 N–H and O–H groups in total. The maximum Gasteiger partial charge on any atom is 0.124 e. The van der Waals surface area contributed by atoms with Gasteiger partial charge in [-0.2, -0.15) is 0 Å². The number of amidine groups is 1. The van der Waals surface area contributed by atoms with E-state index in [1.54, 1.807) is 6.07 Å². The third-order valence-corrected chi connectivity index (χ3v) is 3.80. The normalized spacial score (nSPS) is 18.0. The molecule has 0 unspecified atom stereocenters. The molecule has 4 heteroatoms. The minimum atomic E-state index is -0.234. The number of nitrogens with two attached hydrogens (primary N) is 1. The molecule has 0 aromatic heterocycles. The molecule has 0 spiro atoms. The molecular formula is C12H14FIN2. The van der Waals surface area contributed by atoms with Gasteiger partial charge in [0.1, 0.15) is 11.7 Å². The first-order chi connectivity index (χ1) is 7.66. The summed E-state index contributed by atoms with van der Waals surface area (Å²) in [4.78, 5) is 4.40. The van der Waals surface area contributed by atoms with Crippen molar-refractivity contribution < 1.29 is 4.39 Å². The highest BCUT2D eigenvalue weighted by atomic mass is 127. The number of halogens is 2. The molecule has 1 aromatic rings. The van der Waals surface area contributed by atoms with Crippen LogP contribution >= 0.6 is 22.6 Å². The van der Waals surface area contributed by atoms with Crippen LogP contribution in [0.3, 0.4) is 0 Å². The second kappa shape index (κ2) is 5.12. The fourth-order valence-electron chi connectivity index (χ4n) is 2.02. The average Bonchev–Trinajstić information content (AvgIpc) is 2.75. The molecule has 0 aliphatic heterocycles. The number of benzene rings is 1. The van der Waals surface area contributed by atoms with E-state index in [4.69, 9.17) is 5.73 Å². The van der Waals surface area contributed by atoms with Crippen molar-refractivity contribution in [3.63, 3.8) is 0 Å². The predicted molar refractivity (Wildman–Crippen MR) is 72.4 cm³/mol. The fraction of sp³-hybridized carbons (Fsp3) is 0.417. The van der Waals surface area contributed by atoms with Gasteiger partial charge in [0, 0.05) is 9.49 Å². The van der Waals surface area contributed by atoms with Gasteiger partial charge in [-0.25, -0.2) is 9.38 Å². The molecule has 2 nitrogen and oxygen atoms in total. The van der Waals surface area contributed by atoms with E-state index >= 15 is 0 Å².